The number of hydrogen-bond acceptors (Lipinski definition) is 14. The van der Waals surface area contributed by atoms with E-state index in [0.717, 1.165) is 53.4 Å². The molecule has 0 spiro atoms. The maximum absolute atomic E-state index is 13.5. The van der Waals surface area contributed by atoms with Gasteiger partial charge < -0.3 is 50.2 Å². The van der Waals surface area contributed by atoms with Crippen molar-refractivity contribution in [1.82, 2.24) is 25.5 Å². The van der Waals surface area contributed by atoms with Gasteiger partial charge >= 0.3 is 5.97 Å². The van der Waals surface area contributed by atoms with E-state index in [-0.39, 0.29) is 74.5 Å². The van der Waals surface area contributed by atoms with Crippen molar-refractivity contribution < 1.29 is 52.8 Å². The SMILES string of the molecule is C=C(CCCC(=O)NCCOCCOCCOCCN(Cc1ccc2c(n1)NCCC2)C(=O)CCCC(=O)NC(CC(=O)O)c1ccc(OC)nc1)Nc1ccc(CCC(=O)CC(C)=O)cc1. The number of nitrogens with one attached hydrogen (secondary N) is 4. The molecule has 1 unspecified atom stereocenters. The number of aliphatic carboxylic acids is 1. The smallest absolute Gasteiger partial charge is 0.305 e. The quantitative estimate of drug-likeness (QED) is 0.0386. The number of rotatable bonds is 34. The number of carboxylic acids is 1. The first-order valence-electron chi connectivity index (χ1n) is 22.9. The van der Waals surface area contributed by atoms with Gasteiger partial charge in [0.2, 0.25) is 23.6 Å². The monoisotopic (exact) mass is 929 g/mol. The fourth-order valence-corrected chi connectivity index (χ4v) is 7.12. The number of pyridine rings is 2. The van der Waals surface area contributed by atoms with E-state index in [4.69, 9.17) is 23.9 Å². The van der Waals surface area contributed by atoms with Gasteiger partial charge in [0.1, 0.15) is 17.4 Å². The molecule has 0 radical (unpaired) electrons. The molecule has 1 atom stereocenters. The number of Topliss-reactive ketones (excluding diaryl/α,β-unsaturated/α-hetero) is 2. The molecule has 0 fully saturated rings. The normalized spacial score (nSPS) is 12.2. The number of hydrogen-bond donors (Lipinski definition) is 5. The zero-order valence-electron chi connectivity index (χ0n) is 38.9. The molecule has 0 bridgehead atoms. The molecule has 5 N–H and O–H groups in total. The van der Waals surface area contributed by atoms with Gasteiger partial charge in [0.25, 0.3) is 0 Å². The van der Waals surface area contributed by atoms with Crippen LogP contribution in [-0.4, -0.2) is 122 Å². The van der Waals surface area contributed by atoms with Crippen LogP contribution in [0.1, 0.15) is 99.6 Å². The Morgan fingerprint density at radius 1 is 0.851 bits per heavy atom. The molecule has 364 valence electrons. The lowest BCUT2D eigenvalue weighted by atomic mass is 10.0. The molecule has 1 aliphatic heterocycles. The largest absolute Gasteiger partial charge is 0.481 e. The maximum Gasteiger partial charge on any atom is 0.305 e. The van der Waals surface area contributed by atoms with Crippen LogP contribution in [0.5, 0.6) is 5.88 Å². The topological polar surface area (TPSA) is 237 Å². The summed E-state index contributed by atoms with van der Waals surface area (Å²) in [6.07, 6.45) is 6.03. The van der Waals surface area contributed by atoms with Crippen LogP contribution in [0.2, 0.25) is 0 Å². The van der Waals surface area contributed by atoms with Crippen molar-refractivity contribution in [3.8, 4) is 5.88 Å². The van der Waals surface area contributed by atoms with Gasteiger partial charge in [-0.05, 0) is 80.3 Å². The van der Waals surface area contributed by atoms with E-state index in [1.165, 1.54) is 20.2 Å². The number of benzene rings is 1. The van der Waals surface area contributed by atoms with Crippen molar-refractivity contribution in [3.05, 3.63) is 89.4 Å². The van der Waals surface area contributed by atoms with Gasteiger partial charge in [0.15, 0.2) is 0 Å². The van der Waals surface area contributed by atoms with Crippen LogP contribution in [0.15, 0.2) is 67.0 Å². The average Bonchev–Trinajstić information content (AvgIpc) is 3.30. The van der Waals surface area contributed by atoms with Crippen LogP contribution >= 0.6 is 0 Å². The van der Waals surface area contributed by atoms with Gasteiger partial charge in [-0.15, -0.1) is 0 Å². The van der Waals surface area contributed by atoms with Crippen molar-refractivity contribution in [2.24, 2.45) is 0 Å². The Bertz CT molecular complexity index is 2060. The highest BCUT2D eigenvalue weighted by Crippen LogP contribution is 2.22. The van der Waals surface area contributed by atoms with Crippen LogP contribution in [0.3, 0.4) is 0 Å². The Balaban J connectivity index is 1.06. The third-order valence-corrected chi connectivity index (χ3v) is 10.7. The van der Waals surface area contributed by atoms with Crippen LogP contribution in [-0.2, 0) is 62.4 Å². The molecular weight excluding hydrogens is 863 g/mol. The van der Waals surface area contributed by atoms with E-state index in [0.29, 0.717) is 89.7 Å². The summed E-state index contributed by atoms with van der Waals surface area (Å²) in [6.45, 7) is 9.20. The molecule has 18 heteroatoms. The first kappa shape index (κ1) is 53.4. The molecule has 1 aliphatic rings. The number of carbonyl (C=O) groups excluding carboxylic acids is 5. The van der Waals surface area contributed by atoms with E-state index >= 15 is 0 Å². The number of aryl methyl sites for hydroxylation is 2. The van der Waals surface area contributed by atoms with Crippen LogP contribution < -0.4 is 26.0 Å². The van der Waals surface area contributed by atoms with Gasteiger partial charge in [-0.3, -0.25) is 28.8 Å². The van der Waals surface area contributed by atoms with Gasteiger partial charge in [-0.25, -0.2) is 9.97 Å². The van der Waals surface area contributed by atoms with Crippen molar-refractivity contribution in [1.29, 1.82) is 0 Å². The fourth-order valence-electron chi connectivity index (χ4n) is 7.12. The molecule has 3 amide bonds. The fraction of sp³-hybridized carbons (Fsp3) is 0.510. The Hall–Kier alpha value is -6.24. The average molecular weight is 930 g/mol. The second-order valence-corrected chi connectivity index (χ2v) is 16.2. The summed E-state index contributed by atoms with van der Waals surface area (Å²) >= 11 is 0. The molecule has 0 saturated heterocycles. The summed E-state index contributed by atoms with van der Waals surface area (Å²) in [5.41, 5.74) is 5.09. The Morgan fingerprint density at radius 2 is 1.57 bits per heavy atom. The molecule has 0 saturated carbocycles. The summed E-state index contributed by atoms with van der Waals surface area (Å²) in [5, 5.41) is 21.6. The zero-order chi connectivity index (χ0) is 48.2. The number of aromatic nitrogens is 2. The Kier molecular flexibility index (Phi) is 24.0. The highest BCUT2D eigenvalue weighted by Gasteiger charge is 2.21. The van der Waals surface area contributed by atoms with Crippen LogP contribution in [0.25, 0.3) is 0 Å². The molecule has 0 aliphatic carbocycles. The maximum atomic E-state index is 13.5. The van der Waals surface area contributed by atoms with E-state index < -0.39 is 12.0 Å². The predicted molar refractivity (Wildman–Crippen MR) is 251 cm³/mol. The first-order chi connectivity index (χ1) is 32.4. The second kappa shape index (κ2) is 30.1. The molecule has 3 heterocycles. The summed E-state index contributed by atoms with van der Waals surface area (Å²) in [6, 6.07) is 14.1. The number of ketones is 2. The lowest BCUT2D eigenvalue weighted by Crippen LogP contribution is -2.34. The van der Waals surface area contributed by atoms with E-state index in [9.17, 15) is 33.9 Å². The predicted octanol–water partition coefficient (Wildman–Crippen LogP) is 5.12. The number of amides is 3. The standard InChI is InChI=1S/C49H67N7O11/c1-35(53-40-17-12-37(13-18-40)14-20-42(58)31-36(2)57)7-4-9-44(59)50-23-25-65-27-29-67-30-28-66-26-24-56(34-41-19-15-38-8-6-22-51-49(38)54-41)47(61)11-5-10-45(60)55-43(32-48(62)63)39-16-21-46(64-3)52-33-39/h12-13,15-19,21,33,43,53H,1,4-11,14,20,22-32,34H2,2-3H3,(H,50,59)(H,51,54)(H,55,60)(H,62,63). The Labute approximate surface area is 393 Å². The van der Waals surface area contributed by atoms with E-state index in [1.54, 1.807) is 17.0 Å². The van der Waals surface area contributed by atoms with Gasteiger partial charge in [0, 0.05) is 69.0 Å². The summed E-state index contributed by atoms with van der Waals surface area (Å²) in [4.78, 5) is 83.7. The van der Waals surface area contributed by atoms with E-state index in [2.05, 4.69) is 32.8 Å². The lowest BCUT2D eigenvalue weighted by Gasteiger charge is -2.24. The third-order valence-electron chi connectivity index (χ3n) is 10.7. The van der Waals surface area contributed by atoms with Crippen molar-refractivity contribution in [3.63, 3.8) is 0 Å². The molecule has 18 nitrogen and oxygen atoms in total. The second-order valence-electron chi connectivity index (χ2n) is 16.2. The number of allylic oxidation sites excluding steroid dienone is 1. The summed E-state index contributed by atoms with van der Waals surface area (Å²) < 4.78 is 22.1. The molecular formula is C49H67N7O11. The minimum atomic E-state index is -1.07. The number of methoxy groups -OCH3 is 1. The number of fused-ring (bicyclic) bond motifs is 1. The van der Waals surface area contributed by atoms with Gasteiger partial charge in [-0.2, -0.15) is 0 Å². The number of ether oxygens (including phenoxy) is 4. The molecule has 4 rings (SSSR count). The number of carboxylic acid groups (broad SMARTS) is 1. The van der Waals surface area contributed by atoms with Crippen LogP contribution in [0, 0.1) is 0 Å². The number of anilines is 2. The highest BCUT2D eigenvalue weighted by atomic mass is 16.5. The molecule has 67 heavy (non-hydrogen) atoms. The molecule has 1 aromatic carbocycles. The zero-order valence-corrected chi connectivity index (χ0v) is 38.9. The highest BCUT2D eigenvalue weighted by molar-refractivity contribution is 5.98. The van der Waals surface area contributed by atoms with Crippen LogP contribution in [0.4, 0.5) is 11.5 Å². The molecule has 3 aromatic rings. The summed E-state index contributed by atoms with van der Waals surface area (Å²) in [5.74, 6) is -0.656. The third kappa shape index (κ3) is 21.7. The van der Waals surface area contributed by atoms with Gasteiger partial charge in [-0.1, -0.05) is 30.8 Å². The number of carbonyl (C=O) groups is 6. The minimum absolute atomic E-state index is 0.0181. The minimum Gasteiger partial charge on any atom is -0.481 e. The Morgan fingerprint density at radius 3 is 2.27 bits per heavy atom. The first-order valence-corrected chi connectivity index (χ1v) is 22.9. The lowest BCUT2D eigenvalue weighted by molar-refractivity contribution is -0.138. The van der Waals surface area contributed by atoms with Crippen molar-refractivity contribution in [2.45, 2.75) is 96.6 Å². The van der Waals surface area contributed by atoms with E-state index in [1.807, 2.05) is 36.4 Å². The molecule has 2 aromatic heterocycles. The summed E-state index contributed by atoms with van der Waals surface area (Å²) in [7, 11) is 1.47. The van der Waals surface area contributed by atoms with Gasteiger partial charge in [0.05, 0.1) is 77.9 Å². The van der Waals surface area contributed by atoms with Crippen molar-refractivity contribution in [2.75, 3.05) is 77.0 Å². The number of nitrogens with zero attached hydrogens (tertiary/aromatic N) is 3. The van der Waals surface area contributed by atoms with Crippen molar-refractivity contribution >= 4 is 46.8 Å².